The molecule has 2 aromatic carbocycles. The molecule has 1 unspecified atom stereocenters. The van der Waals surface area contributed by atoms with Crippen LogP contribution in [0.2, 0.25) is 0 Å². The van der Waals surface area contributed by atoms with E-state index in [1.165, 1.54) is 30.2 Å². The standard InChI is InChI=1S/C19H18N2O6/c1-11(18(23)20-13-5-3-4-6-15(13)26-2)21-14-9-12(19(24)25)7-8-16(14)27-10-17(21)22/h3-9,11H,10H2,1-2H3,(H,20,23)(H,24,25). The van der Waals surface area contributed by atoms with Crippen LogP contribution in [0.25, 0.3) is 0 Å². The Morgan fingerprint density at radius 1 is 1.26 bits per heavy atom. The second-order valence-electron chi connectivity index (χ2n) is 5.91. The zero-order valence-electron chi connectivity index (χ0n) is 14.8. The number of hydrogen-bond donors (Lipinski definition) is 2. The molecule has 1 atom stereocenters. The molecule has 2 N–H and O–H groups in total. The van der Waals surface area contributed by atoms with E-state index in [0.717, 1.165) is 0 Å². The normalized spacial score (nSPS) is 14.0. The highest BCUT2D eigenvalue weighted by molar-refractivity contribution is 6.07. The first-order valence-electron chi connectivity index (χ1n) is 8.18. The van der Waals surface area contributed by atoms with E-state index in [9.17, 15) is 19.5 Å². The Labute approximate surface area is 155 Å². The summed E-state index contributed by atoms with van der Waals surface area (Å²) in [4.78, 5) is 37.6. The van der Waals surface area contributed by atoms with Crippen molar-refractivity contribution in [1.82, 2.24) is 0 Å². The van der Waals surface area contributed by atoms with Gasteiger partial charge in [-0.05, 0) is 37.3 Å². The zero-order chi connectivity index (χ0) is 19.6. The Hall–Kier alpha value is -3.55. The predicted molar refractivity (Wildman–Crippen MR) is 97.5 cm³/mol. The first kappa shape index (κ1) is 18.2. The molecule has 0 aliphatic carbocycles. The molecular formula is C19H18N2O6. The number of carbonyl (C=O) groups excluding carboxylic acids is 2. The van der Waals surface area contributed by atoms with Gasteiger partial charge in [-0.25, -0.2) is 4.79 Å². The van der Waals surface area contributed by atoms with Crippen molar-refractivity contribution in [2.75, 3.05) is 23.9 Å². The first-order valence-corrected chi connectivity index (χ1v) is 8.18. The van der Waals surface area contributed by atoms with E-state index < -0.39 is 23.8 Å². The highest BCUT2D eigenvalue weighted by Gasteiger charge is 2.34. The monoisotopic (exact) mass is 370 g/mol. The van der Waals surface area contributed by atoms with Crippen LogP contribution in [0.5, 0.6) is 11.5 Å². The van der Waals surface area contributed by atoms with Gasteiger partial charge in [0.25, 0.3) is 5.91 Å². The molecule has 3 rings (SSSR count). The van der Waals surface area contributed by atoms with Crippen LogP contribution in [0.4, 0.5) is 11.4 Å². The number of carboxylic acids is 1. The molecule has 140 valence electrons. The molecule has 8 heteroatoms. The van der Waals surface area contributed by atoms with Gasteiger partial charge in [0.1, 0.15) is 17.5 Å². The molecule has 2 amide bonds. The summed E-state index contributed by atoms with van der Waals surface area (Å²) in [7, 11) is 1.49. The van der Waals surface area contributed by atoms with Crippen LogP contribution in [0.15, 0.2) is 42.5 Å². The Kier molecular flexibility index (Phi) is 4.98. The SMILES string of the molecule is COc1ccccc1NC(=O)C(C)N1C(=O)COc2ccc(C(=O)O)cc21. The quantitative estimate of drug-likeness (QED) is 0.835. The topological polar surface area (TPSA) is 105 Å². The molecule has 0 bridgehead atoms. The van der Waals surface area contributed by atoms with Gasteiger partial charge >= 0.3 is 5.97 Å². The summed E-state index contributed by atoms with van der Waals surface area (Å²) in [6.07, 6.45) is 0. The second-order valence-corrected chi connectivity index (χ2v) is 5.91. The van der Waals surface area contributed by atoms with Crippen molar-refractivity contribution in [2.45, 2.75) is 13.0 Å². The van der Waals surface area contributed by atoms with Gasteiger partial charge in [-0.3, -0.25) is 14.5 Å². The average Bonchev–Trinajstić information content (AvgIpc) is 2.67. The number of hydrogen-bond acceptors (Lipinski definition) is 5. The van der Waals surface area contributed by atoms with Crippen LogP contribution in [-0.2, 0) is 9.59 Å². The van der Waals surface area contributed by atoms with Gasteiger partial charge < -0.3 is 19.9 Å². The number of ether oxygens (including phenoxy) is 2. The van der Waals surface area contributed by atoms with E-state index in [0.29, 0.717) is 17.2 Å². The Morgan fingerprint density at radius 3 is 2.70 bits per heavy atom. The summed E-state index contributed by atoms with van der Waals surface area (Å²) < 4.78 is 10.6. The van der Waals surface area contributed by atoms with Crippen LogP contribution < -0.4 is 19.7 Å². The molecule has 1 aliphatic rings. The van der Waals surface area contributed by atoms with Crippen molar-refractivity contribution >= 4 is 29.2 Å². The number of benzene rings is 2. The summed E-state index contributed by atoms with van der Waals surface area (Å²) in [6.45, 7) is 1.33. The predicted octanol–water partition coefficient (Wildman–Crippen LogP) is 2.15. The van der Waals surface area contributed by atoms with Crippen LogP contribution in [0.1, 0.15) is 17.3 Å². The number of nitrogens with one attached hydrogen (secondary N) is 1. The molecule has 0 fully saturated rings. The maximum Gasteiger partial charge on any atom is 0.335 e. The molecule has 1 heterocycles. The summed E-state index contributed by atoms with van der Waals surface area (Å²) in [5, 5.41) is 11.9. The lowest BCUT2D eigenvalue weighted by atomic mass is 10.1. The molecule has 0 saturated heterocycles. The molecule has 8 nitrogen and oxygen atoms in total. The van der Waals surface area contributed by atoms with E-state index in [2.05, 4.69) is 5.32 Å². The minimum absolute atomic E-state index is 0.00520. The van der Waals surface area contributed by atoms with Gasteiger partial charge in [0.05, 0.1) is 24.0 Å². The smallest absolute Gasteiger partial charge is 0.335 e. The van der Waals surface area contributed by atoms with Crippen molar-refractivity contribution in [1.29, 1.82) is 0 Å². The van der Waals surface area contributed by atoms with E-state index in [1.807, 2.05) is 0 Å². The Morgan fingerprint density at radius 2 is 2.00 bits per heavy atom. The van der Waals surface area contributed by atoms with E-state index in [4.69, 9.17) is 9.47 Å². The number of carboxylic acid groups (broad SMARTS) is 1. The maximum atomic E-state index is 12.7. The number of fused-ring (bicyclic) bond motifs is 1. The fourth-order valence-electron chi connectivity index (χ4n) is 2.83. The van der Waals surface area contributed by atoms with Gasteiger partial charge in [-0.1, -0.05) is 12.1 Å². The zero-order valence-corrected chi connectivity index (χ0v) is 14.8. The van der Waals surface area contributed by atoms with Crippen molar-refractivity contribution < 1.29 is 29.0 Å². The van der Waals surface area contributed by atoms with E-state index >= 15 is 0 Å². The number of aromatic carboxylic acids is 1. The third-order valence-electron chi connectivity index (χ3n) is 4.22. The number of methoxy groups -OCH3 is 1. The summed E-state index contributed by atoms with van der Waals surface area (Å²) in [6, 6.07) is 10.2. The Bertz CT molecular complexity index is 911. The molecular weight excluding hydrogens is 352 g/mol. The number of rotatable bonds is 5. The van der Waals surface area contributed by atoms with Gasteiger partial charge in [0.15, 0.2) is 6.61 Å². The lowest BCUT2D eigenvalue weighted by Gasteiger charge is -2.33. The number of amides is 2. The van der Waals surface area contributed by atoms with Crippen molar-refractivity contribution in [3.8, 4) is 11.5 Å². The average molecular weight is 370 g/mol. The molecule has 0 saturated carbocycles. The fraction of sp³-hybridized carbons (Fsp3) is 0.211. The van der Waals surface area contributed by atoms with Crippen LogP contribution in [0.3, 0.4) is 0 Å². The van der Waals surface area contributed by atoms with Crippen molar-refractivity contribution in [3.63, 3.8) is 0 Å². The third kappa shape index (κ3) is 3.55. The first-order chi connectivity index (χ1) is 12.9. The van der Waals surface area contributed by atoms with E-state index in [-0.39, 0.29) is 17.9 Å². The number of para-hydroxylation sites is 2. The Balaban J connectivity index is 1.91. The van der Waals surface area contributed by atoms with Gasteiger partial charge in [0.2, 0.25) is 5.91 Å². The minimum atomic E-state index is -1.14. The van der Waals surface area contributed by atoms with Gasteiger partial charge in [-0.15, -0.1) is 0 Å². The van der Waals surface area contributed by atoms with Crippen LogP contribution in [0, 0.1) is 0 Å². The van der Waals surface area contributed by atoms with Crippen LogP contribution in [-0.4, -0.2) is 42.6 Å². The van der Waals surface area contributed by atoms with E-state index in [1.54, 1.807) is 31.2 Å². The number of anilines is 2. The molecule has 27 heavy (non-hydrogen) atoms. The highest BCUT2D eigenvalue weighted by Crippen LogP contribution is 2.35. The molecule has 0 radical (unpaired) electrons. The second kappa shape index (κ2) is 7.36. The highest BCUT2D eigenvalue weighted by atomic mass is 16.5. The largest absolute Gasteiger partial charge is 0.495 e. The molecule has 2 aromatic rings. The van der Waals surface area contributed by atoms with Crippen molar-refractivity contribution in [3.05, 3.63) is 48.0 Å². The molecule has 0 spiro atoms. The maximum absolute atomic E-state index is 12.7. The van der Waals surface area contributed by atoms with Gasteiger partial charge in [0, 0.05) is 0 Å². The third-order valence-corrected chi connectivity index (χ3v) is 4.22. The summed E-state index contributed by atoms with van der Waals surface area (Å²) >= 11 is 0. The lowest BCUT2D eigenvalue weighted by Crippen LogP contribution is -2.49. The summed E-state index contributed by atoms with van der Waals surface area (Å²) in [5.74, 6) is -1.19. The number of nitrogens with zero attached hydrogens (tertiary/aromatic N) is 1. The van der Waals surface area contributed by atoms with Crippen LogP contribution >= 0.6 is 0 Å². The lowest BCUT2D eigenvalue weighted by molar-refractivity contribution is -0.125. The number of carbonyl (C=O) groups is 3. The summed E-state index contributed by atoms with van der Waals surface area (Å²) in [5.41, 5.74) is 0.709. The molecule has 1 aliphatic heterocycles. The minimum Gasteiger partial charge on any atom is -0.495 e. The fourth-order valence-corrected chi connectivity index (χ4v) is 2.83. The van der Waals surface area contributed by atoms with Gasteiger partial charge in [-0.2, -0.15) is 0 Å². The van der Waals surface area contributed by atoms with Crippen molar-refractivity contribution in [2.24, 2.45) is 0 Å². The molecule has 0 aromatic heterocycles.